The van der Waals surface area contributed by atoms with Crippen LogP contribution >= 0.6 is 0 Å². The van der Waals surface area contributed by atoms with Crippen LogP contribution in [0, 0.1) is 22.7 Å². The lowest BCUT2D eigenvalue weighted by atomic mass is 9.70. The minimum absolute atomic E-state index is 0.344. The standard InChI is InChI=1S/C18H26N2/c1-13-11-18(3,4)10-9-17(13)20-14(2)16-7-5-15(12-19)6-8-16/h5-8,13-14,17,20H,9-11H2,1-4H3. The van der Waals surface area contributed by atoms with E-state index in [9.17, 15) is 0 Å². The molecule has 1 aliphatic carbocycles. The third-order valence-corrected chi connectivity index (χ3v) is 4.70. The van der Waals surface area contributed by atoms with Gasteiger partial charge in [0, 0.05) is 12.1 Å². The van der Waals surface area contributed by atoms with E-state index in [1.165, 1.54) is 24.8 Å². The lowest BCUT2D eigenvalue weighted by Gasteiger charge is -2.40. The fourth-order valence-electron chi connectivity index (χ4n) is 3.46. The minimum Gasteiger partial charge on any atom is -0.307 e. The molecule has 20 heavy (non-hydrogen) atoms. The molecule has 0 heterocycles. The number of nitrogens with zero attached hydrogens (tertiary/aromatic N) is 1. The first-order valence-corrected chi connectivity index (χ1v) is 7.67. The van der Waals surface area contributed by atoms with Crippen LogP contribution in [-0.4, -0.2) is 6.04 Å². The van der Waals surface area contributed by atoms with Crippen molar-refractivity contribution >= 4 is 0 Å². The van der Waals surface area contributed by atoms with Crippen molar-refractivity contribution in [1.29, 1.82) is 5.26 Å². The topological polar surface area (TPSA) is 35.8 Å². The van der Waals surface area contributed by atoms with Gasteiger partial charge in [-0.2, -0.15) is 5.26 Å². The largest absolute Gasteiger partial charge is 0.307 e. The maximum Gasteiger partial charge on any atom is 0.0991 e. The van der Waals surface area contributed by atoms with E-state index in [0.29, 0.717) is 17.5 Å². The van der Waals surface area contributed by atoms with Gasteiger partial charge in [0.15, 0.2) is 0 Å². The summed E-state index contributed by atoms with van der Waals surface area (Å²) in [4.78, 5) is 0. The number of nitrogens with one attached hydrogen (secondary N) is 1. The van der Waals surface area contributed by atoms with Crippen molar-refractivity contribution in [3.8, 4) is 6.07 Å². The van der Waals surface area contributed by atoms with Crippen LogP contribution in [0.1, 0.15) is 64.1 Å². The third-order valence-electron chi connectivity index (χ3n) is 4.70. The average Bonchev–Trinajstić information content (AvgIpc) is 2.41. The summed E-state index contributed by atoms with van der Waals surface area (Å²) in [5.41, 5.74) is 2.49. The fourth-order valence-corrected chi connectivity index (χ4v) is 3.46. The molecule has 1 aromatic carbocycles. The van der Waals surface area contributed by atoms with E-state index in [0.717, 1.165) is 11.5 Å². The Bertz CT molecular complexity index is 481. The molecule has 1 saturated carbocycles. The zero-order chi connectivity index (χ0) is 14.8. The molecule has 2 nitrogen and oxygen atoms in total. The Morgan fingerprint density at radius 1 is 1.30 bits per heavy atom. The lowest BCUT2D eigenvalue weighted by molar-refractivity contribution is 0.143. The van der Waals surface area contributed by atoms with Gasteiger partial charge in [0.05, 0.1) is 11.6 Å². The molecule has 3 unspecified atom stereocenters. The molecule has 0 radical (unpaired) electrons. The molecular weight excluding hydrogens is 244 g/mol. The third kappa shape index (κ3) is 3.61. The van der Waals surface area contributed by atoms with Crippen LogP contribution in [0.25, 0.3) is 0 Å². The van der Waals surface area contributed by atoms with Crippen molar-refractivity contribution in [2.24, 2.45) is 11.3 Å². The summed E-state index contributed by atoms with van der Waals surface area (Å²) in [7, 11) is 0. The molecule has 1 aromatic rings. The summed E-state index contributed by atoms with van der Waals surface area (Å²) in [6.07, 6.45) is 3.86. The van der Waals surface area contributed by atoms with Crippen LogP contribution in [0.3, 0.4) is 0 Å². The average molecular weight is 270 g/mol. The summed E-state index contributed by atoms with van der Waals surface area (Å²) in [6, 6.07) is 11.1. The molecule has 3 atom stereocenters. The van der Waals surface area contributed by atoms with Gasteiger partial charge in [0.1, 0.15) is 0 Å². The van der Waals surface area contributed by atoms with E-state index >= 15 is 0 Å². The van der Waals surface area contributed by atoms with E-state index in [-0.39, 0.29) is 0 Å². The monoisotopic (exact) mass is 270 g/mol. The molecule has 1 N–H and O–H groups in total. The molecule has 0 aromatic heterocycles. The Labute approximate surface area is 123 Å². The minimum atomic E-state index is 0.344. The second-order valence-corrected chi connectivity index (χ2v) is 7.11. The van der Waals surface area contributed by atoms with Gasteiger partial charge in [-0.25, -0.2) is 0 Å². The van der Waals surface area contributed by atoms with Gasteiger partial charge in [0.25, 0.3) is 0 Å². The number of hydrogen-bond acceptors (Lipinski definition) is 2. The highest BCUT2D eigenvalue weighted by molar-refractivity contribution is 5.32. The fraction of sp³-hybridized carbons (Fsp3) is 0.611. The van der Waals surface area contributed by atoms with E-state index in [2.05, 4.69) is 51.2 Å². The second kappa shape index (κ2) is 5.97. The second-order valence-electron chi connectivity index (χ2n) is 7.11. The maximum atomic E-state index is 8.85. The Kier molecular flexibility index (Phi) is 4.50. The maximum absolute atomic E-state index is 8.85. The van der Waals surface area contributed by atoms with Gasteiger partial charge in [-0.1, -0.05) is 32.9 Å². The first-order valence-electron chi connectivity index (χ1n) is 7.67. The van der Waals surface area contributed by atoms with Crippen LogP contribution in [-0.2, 0) is 0 Å². The zero-order valence-electron chi connectivity index (χ0n) is 13.1. The molecule has 2 rings (SSSR count). The van der Waals surface area contributed by atoms with Crippen molar-refractivity contribution in [2.45, 2.75) is 59.0 Å². The van der Waals surface area contributed by atoms with Crippen LogP contribution in [0.4, 0.5) is 0 Å². The predicted molar refractivity (Wildman–Crippen MR) is 83.3 cm³/mol. The number of rotatable bonds is 3. The molecule has 108 valence electrons. The van der Waals surface area contributed by atoms with Crippen molar-refractivity contribution in [2.75, 3.05) is 0 Å². The van der Waals surface area contributed by atoms with Crippen LogP contribution < -0.4 is 5.32 Å². The molecular formula is C18H26N2. The molecule has 0 bridgehead atoms. The molecule has 2 heteroatoms. The normalized spacial score (nSPS) is 26.8. The number of nitriles is 1. The summed E-state index contributed by atoms with van der Waals surface area (Å²) < 4.78 is 0. The van der Waals surface area contributed by atoms with Crippen molar-refractivity contribution in [3.63, 3.8) is 0 Å². The van der Waals surface area contributed by atoms with Gasteiger partial charge in [-0.15, -0.1) is 0 Å². The van der Waals surface area contributed by atoms with E-state index in [1.54, 1.807) is 0 Å². The molecule has 0 aliphatic heterocycles. The zero-order valence-corrected chi connectivity index (χ0v) is 13.1. The van der Waals surface area contributed by atoms with Crippen molar-refractivity contribution < 1.29 is 0 Å². The molecule has 0 saturated heterocycles. The van der Waals surface area contributed by atoms with Crippen molar-refractivity contribution in [1.82, 2.24) is 5.32 Å². The van der Waals surface area contributed by atoms with Crippen LogP contribution in [0.15, 0.2) is 24.3 Å². The summed E-state index contributed by atoms with van der Waals surface area (Å²) >= 11 is 0. The Hall–Kier alpha value is -1.33. The Morgan fingerprint density at radius 2 is 1.95 bits per heavy atom. The van der Waals surface area contributed by atoms with Gasteiger partial charge in [0.2, 0.25) is 0 Å². The van der Waals surface area contributed by atoms with Crippen LogP contribution in [0.5, 0.6) is 0 Å². The van der Waals surface area contributed by atoms with E-state index in [1.807, 2.05) is 12.1 Å². The first-order chi connectivity index (χ1) is 9.41. The van der Waals surface area contributed by atoms with Gasteiger partial charge < -0.3 is 5.32 Å². The van der Waals surface area contributed by atoms with Gasteiger partial charge >= 0.3 is 0 Å². The smallest absolute Gasteiger partial charge is 0.0991 e. The number of benzene rings is 1. The lowest BCUT2D eigenvalue weighted by Crippen LogP contribution is -2.42. The summed E-state index contributed by atoms with van der Waals surface area (Å²) in [5.74, 6) is 0.722. The van der Waals surface area contributed by atoms with Gasteiger partial charge in [-0.3, -0.25) is 0 Å². The molecule has 1 fully saturated rings. The molecule has 0 amide bonds. The van der Waals surface area contributed by atoms with Crippen LogP contribution in [0.2, 0.25) is 0 Å². The van der Waals surface area contributed by atoms with Gasteiger partial charge in [-0.05, 0) is 55.2 Å². The Balaban J connectivity index is 1.97. The number of hydrogen-bond donors (Lipinski definition) is 1. The highest BCUT2D eigenvalue weighted by Crippen LogP contribution is 2.39. The summed E-state index contributed by atoms with van der Waals surface area (Å²) in [5, 5.41) is 12.6. The van der Waals surface area contributed by atoms with Crippen molar-refractivity contribution in [3.05, 3.63) is 35.4 Å². The first kappa shape index (κ1) is 15.1. The SMILES string of the molecule is CC(NC1CCC(C)(C)CC1C)c1ccc(C#N)cc1. The Morgan fingerprint density at radius 3 is 2.50 bits per heavy atom. The summed E-state index contributed by atoms with van der Waals surface area (Å²) in [6.45, 7) is 9.34. The van der Waals surface area contributed by atoms with E-state index in [4.69, 9.17) is 5.26 Å². The quantitative estimate of drug-likeness (QED) is 0.882. The highest BCUT2D eigenvalue weighted by Gasteiger charge is 2.32. The molecule has 0 spiro atoms. The van der Waals surface area contributed by atoms with E-state index < -0.39 is 0 Å². The highest BCUT2D eigenvalue weighted by atomic mass is 15.0. The molecule has 1 aliphatic rings. The predicted octanol–water partition coefficient (Wildman–Crippen LogP) is 4.42.